The van der Waals surface area contributed by atoms with E-state index in [1.54, 1.807) is 0 Å². The van der Waals surface area contributed by atoms with E-state index in [9.17, 15) is 4.89 Å². The fourth-order valence-electron chi connectivity index (χ4n) is 9.23. The highest BCUT2D eigenvalue weighted by Gasteiger charge is 2.45. The number of hydrogen-bond donors (Lipinski definition) is 1. The van der Waals surface area contributed by atoms with Crippen molar-refractivity contribution in [3.05, 3.63) is 249 Å². The van der Waals surface area contributed by atoms with Gasteiger partial charge in [0.25, 0.3) is 0 Å². The SMILES string of the molecule is O=P(c1ccccc1)(c1ccc(P(=O)(c2ccc3ccccc3c2)c2ccc3ccccc3c2)cc1)c1ccc([P+](O)(c2ccc3ccccc3c2)c2ccc3ccccc3c2)cc1. The molecular formula is C58H42O3P3+. The maximum absolute atomic E-state index is 16.1. The van der Waals surface area contributed by atoms with Gasteiger partial charge in [0.15, 0.2) is 14.3 Å². The Morgan fingerprint density at radius 2 is 0.516 bits per heavy atom. The highest BCUT2D eigenvalue weighted by Crippen LogP contribution is 2.52. The normalized spacial score (nSPS) is 13.0. The van der Waals surface area contributed by atoms with Crippen molar-refractivity contribution in [1.82, 2.24) is 0 Å². The van der Waals surface area contributed by atoms with Crippen LogP contribution in [0, 0.1) is 0 Å². The van der Waals surface area contributed by atoms with E-state index in [4.69, 9.17) is 0 Å². The summed E-state index contributed by atoms with van der Waals surface area (Å²) in [5.41, 5.74) is 0. The van der Waals surface area contributed by atoms with Crippen molar-refractivity contribution in [2.24, 2.45) is 0 Å². The van der Waals surface area contributed by atoms with E-state index in [0.717, 1.165) is 69.6 Å². The highest BCUT2D eigenvalue weighted by atomic mass is 31.2. The van der Waals surface area contributed by atoms with E-state index in [1.807, 2.05) is 164 Å². The summed E-state index contributed by atoms with van der Waals surface area (Å²) < 4.78 is 32.1. The van der Waals surface area contributed by atoms with Gasteiger partial charge in [0.05, 0.1) is 0 Å². The van der Waals surface area contributed by atoms with E-state index < -0.39 is 21.8 Å². The third kappa shape index (κ3) is 6.76. The lowest BCUT2D eigenvalue weighted by atomic mass is 10.1. The van der Waals surface area contributed by atoms with Crippen LogP contribution in [-0.4, -0.2) is 4.89 Å². The smallest absolute Gasteiger partial charge is 0.238 e. The van der Waals surface area contributed by atoms with Crippen LogP contribution in [-0.2, 0) is 9.13 Å². The molecule has 0 aliphatic rings. The molecule has 0 aliphatic heterocycles. The minimum absolute atomic E-state index is 0.632. The first kappa shape index (κ1) is 40.1. The molecule has 1 N–H and O–H groups in total. The molecule has 0 amide bonds. The Kier molecular flexibility index (Phi) is 10.1. The molecule has 0 aliphatic carbocycles. The standard InChI is InChI=1S/C58H42O3P3/c59-62(50-20-2-1-3-21-50,51-30-34-53(35-31-51)63(60,55-26-22-42-12-4-8-16-46(42)38-55)56-27-23-43-13-5-9-17-47(43)39-56)52-32-36-54(37-33-52)64(61,57-28-24-44-14-6-10-18-48(44)40-57)58-29-25-45-15-7-11-19-49(45)41-58/h1-41,60H/q+1. The maximum Gasteiger partial charge on any atom is 0.238 e. The largest absolute Gasteiger partial charge is 0.309 e. The van der Waals surface area contributed by atoms with Crippen LogP contribution in [0.4, 0.5) is 0 Å². The Bertz CT molecular complexity index is 3480. The second-order valence-corrected chi connectivity index (χ2v) is 24.7. The summed E-state index contributed by atoms with van der Waals surface area (Å²) in [7, 11) is -10.1. The van der Waals surface area contributed by atoms with Crippen LogP contribution in [0.1, 0.15) is 0 Å². The van der Waals surface area contributed by atoms with Crippen LogP contribution < -0.4 is 47.7 Å². The van der Waals surface area contributed by atoms with Crippen molar-refractivity contribution in [3.8, 4) is 0 Å². The van der Waals surface area contributed by atoms with Gasteiger partial charge >= 0.3 is 0 Å². The van der Waals surface area contributed by atoms with E-state index in [1.165, 1.54) is 0 Å². The molecule has 306 valence electrons. The number of rotatable bonds is 9. The summed E-state index contributed by atoms with van der Waals surface area (Å²) in [6.07, 6.45) is 0. The Morgan fingerprint density at radius 1 is 0.250 bits per heavy atom. The molecule has 0 heterocycles. The Labute approximate surface area is 373 Å². The third-order valence-electron chi connectivity index (χ3n) is 12.7. The first-order chi connectivity index (χ1) is 31.3. The molecule has 0 bridgehead atoms. The summed E-state index contributed by atoms with van der Waals surface area (Å²) in [5.74, 6) is 0. The zero-order chi connectivity index (χ0) is 43.3. The van der Waals surface area contributed by atoms with E-state index in [0.29, 0.717) is 21.2 Å². The molecular weight excluding hydrogens is 838 g/mol. The van der Waals surface area contributed by atoms with Crippen molar-refractivity contribution in [2.75, 3.05) is 0 Å². The molecule has 11 aromatic carbocycles. The van der Waals surface area contributed by atoms with Crippen molar-refractivity contribution < 1.29 is 14.0 Å². The van der Waals surface area contributed by atoms with Gasteiger partial charge in [0.2, 0.25) is 7.49 Å². The van der Waals surface area contributed by atoms with Crippen molar-refractivity contribution >= 4 is 113 Å². The van der Waals surface area contributed by atoms with Gasteiger partial charge in [-0.05, 0) is 104 Å². The van der Waals surface area contributed by atoms with Crippen LogP contribution in [0.5, 0.6) is 0 Å². The lowest BCUT2D eigenvalue weighted by Crippen LogP contribution is -2.32. The summed E-state index contributed by atoms with van der Waals surface area (Å²) >= 11 is 0. The molecule has 1 unspecified atom stereocenters. The van der Waals surface area contributed by atoms with Gasteiger partial charge in [-0.1, -0.05) is 188 Å². The Balaban J connectivity index is 1.04. The molecule has 0 saturated heterocycles. The summed E-state index contributed by atoms with van der Waals surface area (Å²) in [6.45, 7) is 0. The predicted octanol–water partition coefficient (Wildman–Crippen LogP) is 10.8. The molecule has 0 radical (unpaired) electrons. The second-order valence-electron chi connectivity index (χ2n) is 16.3. The van der Waals surface area contributed by atoms with Gasteiger partial charge < -0.3 is 9.13 Å². The molecule has 0 fully saturated rings. The van der Waals surface area contributed by atoms with Crippen LogP contribution in [0.3, 0.4) is 0 Å². The van der Waals surface area contributed by atoms with Crippen molar-refractivity contribution in [3.63, 3.8) is 0 Å². The fourth-order valence-corrected chi connectivity index (χ4v) is 17.2. The van der Waals surface area contributed by atoms with Crippen LogP contribution in [0.2, 0.25) is 0 Å². The molecule has 11 rings (SSSR count). The molecule has 6 heteroatoms. The van der Waals surface area contributed by atoms with Gasteiger partial charge in [-0.25, -0.2) is 4.89 Å². The predicted molar refractivity (Wildman–Crippen MR) is 276 cm³/mol. The van der Waals surface area contributed by atoms with E-state index >= 15 is 9.13 Å². The monoisotopic (exact) mass is 879 g/mol. The number of hydrogen-bond acceptors (Lipinski definition) is 3. The zero-order valence-corrected chi connectivity index (χ0v) is 37.5. The van der Waals surface area contributed by atoms with Gasteiger partial charge in [0, 0.05) is 31.8 Å². The van der Waals surface area contributed by atoms with Gasteiger partial charge in [-0.2, -0.15) is 0 Å². The molecule has 11 aromatic rings. The summed E-state index contributed by atoms with van der Waals surface area (Å²) in [6, 6.07) is 82.4. The lowest BCUT2D eigenvalue weighted by molar-refractivity contribution is 0.591. The van der Waals surface area contributed by atoms with Crippen LogP contribution in [0.25, 0.3) is 43.1 Å². The topological polar surface area (TPSA) is 54.4 Å². The summed E-state index contributed by atoms with van der Waals surface area (Å²) in [4.78, 5) is 13.3. The molecule has 1 atom stereocenters. The molecule has 3 nitrogen and oxygen atoms in total. The fraction of sp³-hybridized carbons (Fsp3) is 0. The first-order valence-electron chi connectivity index (χ1n) is 21.4. The van der Waals surface area contributed by atoms with Crippen molar-refractivity contribution in [2.45, 2.75) is 0 Å². The van der Waals surface area contributed by atoms with Crippen LogP contribution in [0.15, 0.2) is 249 Å². The highest BCUT2D eigenvalue weighted by molar-refractivity contribution is 7.91. The lowest BCUT2D eigenvalue weighted by Gasteiger charge is -2.24. The van der Waals surface area contributed by atoms with Gasteiger partial charge in [-0.3, -0.25) is 0 Å². The Morgan fingerprint density at radius 3 is 0.922 bits per heavy atom. The van der Waals surface area contributed by atoms with E-state index in [2.05, 4.69) is 84.9 Å². The number of fused-ring (bicyclic) bond motifs is 4. The summed E-state index contributed by atoms with van der Waals surface area (Å²) in [5, 5.41) is 15.1. The first-order valence-corrected chi connectivity index (χ1v) is 26.5. The Hall–Kier alpha value is -6.69. The average molecular weight is 880 g/mol. The maximum atomic E-state index is 16.1. The minimum atomic E-state index is -3.50. The molecule has 64 heavy (non-hydrogen) atoms. The van der Waals surface area contributed by atoms with Gasteiger partial charge in [0.1, 0.15) is 15.9 Å². The molecule has 0 spiro atoms. The quantitative estimate of drug-likeness (QED) is 0.147. The number of benzene rings is 11. The zero-order valence-electron chi connectivity index (χ0n) is 34.8. The molecule has 0 aromatic heterocycles. The average Bonchev–Trinajstić information content (AvgIpc) is 3.37. The minimum Gasteiger partial charge on any atom is -0.309 e. The van der Waals surface area contributed by atoms with Crippen LogP contribution >= 0.6 is 21.8 Å². The van der Waals surface area contributed by atoms with Gasteiger partial charge in [-0.15, -0.1) is 0 Å². The third-order valence-corrected chi connectivity index (χ3v) is 21.9. The van der Waals surface area contributed by atoms with Crippen molar-refractivity contribution in [1.29, 1.82) is 0 Å². The second kappa shape index (κ2) is 16.1. The molecule has 0 saturated carbocycles. The van der Waals surface area contributed by atoms with E-state index in [-0.39, 0.29) is 0 Å².